The number of hydrogen-bond donors (Lipinski definition) is 1. The number of amides is 1. The Balaban J connectivity index is 1.48. The summed E-state index contributed by atoms with van der Waals surface area (Å²) in [6, 6.07) is 21.0. The summed E-state index contributed by atoms with van der Waals surface area (Å²) in [7, 11) is 1.53. The van der Waals surface area contributed by atoms with E-state index in [1.807, 2.05) is 43.3 Å². The highest BCUT2D eigenvalue weighted by Crippen LogP contribution is 2.31. The minimum Gasteiger partial charge on any atom is -0.493 e. The number of carbonyl (C=O) groups is 1. The number of nitro benzene ring substituents is 1. The molecule has 3 aromatic carbocycles. The maximum absolute atomic E-state index is 13.1. The summed E-state index contributed by atoms with van der Waals surface area (Å²) in [4.78, 5) is 25.0. The molecule has 1 heterocycles. The fourth-order valence-corrected chi connectivity index (χ4v) is 4.07. The Kier molecular flexibility index (Phi) is 7.07. The summed E-state index contributed by atoms with van der Waals surface area (Å²) in [5.74, 6) is 0.793. The first-order valence-corrected chi connectivity index (χ1v) is 11.2. The van der Waals surface area contributed by atoms with Crippen molar-refractivity contribution in [2.75, 3.05) is 7.11 Å². The number of nitrogens with zero attached hydrogens (tertiary/aromatic N) is 2. The molecule has 0 spiro atoms. The monoisotopic (exact) mass is 489 g/mol. The lowest BCUT2D eigenvalue weighted by Gasteiger charge is -2.23. The van der Waals surface area contributed by atoms with Crippen molar-refractivity contribution < 1.29 is 19.2 Å². The maximum atomic E-state index is 13.1. The van der Waals surface area contributed by atoms with Crippen LogP contribution in [-0.4, -0.2) is 28.0 Å². The minimum atomic E-state index is -0.445. The quantitative estimate of drug-likeness (QED) is 0.206. The zero-order chi connectivity index (χ0) is 24.9. The molecule has 35 heavy (non-hydrogen) atoms. The van der Waals surface area contributed by atoms with Gasteiger partial charge >= 0.3 is 0 Å². The lowest BCUT2D eigenvalue weighted by molar-refractivity contribution is -0.384. The zero-order valence-corrected chi connectivity index (χ0v) is 20.0. The Hall–Kier alpha value is -4.24. The van der Waals surface area contributed by atoms with E-state index in [1.54, 1.807) is 35.2 Å². The lowest BCUT2D eigenvalue weighted by atomic mass is 10.1. The van der Waals surface area contributed by atoms with E-state index in [-0.39, 0.29) is 24.2 Å². The number of hydrogen-bond acceptors (Lipinski definition) is 6. The third-order valence-corrected chi connectivity index (χ3v) is 5.92. The molecule has 1 fully saturated rings. The molecule has 0 aromatic heterocycles. The highest BCUT2D eigenvalue weighted by atomic mass is 32.1. The van der Waals surface area contributed by atoms with E-state index in [2.05, 4.69) is 5.32 Å². The molecule has 1 aliphatic rings. The van der Waals surface area contributed by atoms with Gasteiger partial charge in [0.1, 0.15) is 12.3 Å². The van der Waals surface area contributed by atoms with Gasteiger partial charge in [-0.25, -0.2) is 0 Å². The number of methoxy groups -OCH3 is 1. The van der Waals surface area contributed by atoms with Gasteiger partial charge in [0.15, 0.2) is 16.6 Å². The van der Waals surface area contributed by atoms with Gasteiger partial charge in [0, 0.05) is 12.1 Å². The molecule has 0 radical (unpaired) electrons. The lowest BCUT2D eigenvalue weighted by Crippen LogP contribution is -2.33. The Morgan fingerprint density at radius 2 is 1.80 bits per heavy atom. The smallest absolute Gasteiger partial charge is 0.277 e. The third kappa shape index (κ3) is 5.30. The zero-order valence-electron chi connectivity index (χ0n) is 19.1. The third-order valence-electron chi connectivity index (χ3n) is 5.62. The van der Waals surface area contributed by atoms with E-state index in [0.717, 1.165) is 16.7 Å². The van der Waals surface area contributed by atoms with Gasteiger partial charge in [-0.05, 0) is 66.2 Å². The first-order valence-electron chi connectivity index (χ1n) is 10.8. The van der Waals surface area contributed by atoms with Crippen molar-refractivity contribution in [3.63, 3.8) is 0 Å². The van der Waals surface area contributed by atoms with Crippen molar-refractivity contribution in [3.05, 3.63) is 105 Å². The van der Waals surface area contributed by atoms with Crippen LogP contribution in [0.15, 0.2) is 78.5 Å². The molecular formula is C26H23N3O5S. The Labute approximate surface area is 207 Å². The SMILES string of the molecule is COc1cc(/C=C2\NC(=S)N(C(C)c3ccccc3)C2=O)ccc1OCc1ccc([N+](=O)[O-])cc1. The number of rotatable bonds is 8. The van der Waals surface area contributed by atoms with Crippen LogP contribution in [0.3, 0.4) is 0 Å². The van der Waals surface area contributed by atoms with E-state index in [9.17, 15) is 14.9 Å². The molecule has 3 aromatic rings. The second-order valence-electron chi connectivity index (χ2n) is 7.87. The summed E-state index contributed by atoms with van der Waals surface area (Å²) in [6.07, 6.45) is 1.72. The second kappa shape index (κ2) is 10.4. The van der Waals surface area contributed by atoms with Crippen LogP contribution in [0.1, 0.15) is 29.7 Å². The van der Waals surface area contributed by atoms with Crippen LogP contribution in [0.2, 0.25) is 0 Å². The molecule has 8 nitrogen and oxygen atoms in total. The predicted octanol–water partition coefficient (Wildman–Crippen LogP) is 5.00. The Bertz CT molecular complexity index is 1290. The number of nitro groups is 1. The van der Waals surface area contributed by atoms with E-state index in [0.29, 0.717) is 22.3 Å². The number of non-ortho nitro benzene ring substituents is 1. The normalized spacial score (nSPS) is 15.1. The Morgan fingerprint density at radius 3 is 2.46 bits per heavy atom. The number of benzene rings is 3. The highest BCUT2D eigenvalue weighted by molar-refractivity contribution is 7.80. The van der Waals surface area contributed by atoms with Crippen LogP contribution in [0.4, 0.5) is 5.69 Å². The molecule has 1 atom stereocenters. The molecule has 1 saturated heterocycles. The van der Waals surface area contributed by atoms with Gasteiger partial charge in [-0.15, -0.1) is 0 Å². The van der Waals surface area contributed by atoms with Crippen LogP contribution in [0, 0.1) is 10.1 Å². The number of ether oxygens (including phenoxy) is 2. The standard InChI is InChI=1S/C26H23N3O5S/c1-17(20-6-4-3-5-7-20)28-25(30)22(27-26(28)35)14-19-10-13-23(24(15-19)33-2)34-16-18-8-11-21(12-9-18)29(31)32/h3-15,17H,16H2,1-2H3,(H,27,35)/b22-14-. The van der Waals surface area contributed by atoms with Gasteiger partial charge in [0.2, 0.25) is 0 Å². The van der Waals surface area contributed by atoms with Crippen molar-refractivity contribution in [3.8, 4) is 11.5 Å². The van der Waals surface area contributed by atoms with Crippen LogP contribution in [-0.2, 0) is 11.4 Å². The fourth-order valence-electron chi connectivity index (χ4n) is 3.72. The van der Waals surface area contributed by atoms with Crippen LogP contribution < -0.4 is 14.8 Å². The van der Waals surface area contributed by atoms with E-state index >= 15 is 0 Å². The molecule has 0 saturated carbocycles. The fraction of sp³-hybridized carbons (Fsp3) is 0.154. The molecule has 0 aliphatic carbocycles. The molecule has 1 aliphatic heterocycles. The molecule has 1 amide bonds. The van der Waals surface area contributed by atoms with Crippen LogP contribution in [0.25, 0.3) is 6.08 Å². The van der Waals surface area contributed by atoms with Crippen molar-refractivity contribution in [1.29, 1.82) is 0 Å². The second-order valence-corrected chi connectivity index (χ2v) is 8.26. The minimum absolute atomic E-state index is 0.0231. The molecule has 9 heteroatoms. The van der Waals surface area contributed by atoms with Gasteiger partial charge in [-0.2, -0.15) is 0 Å². The predicted molar refractivity (Wildman–Crippen MR) is 136 cm³/mol. The molecule has 1 unspecified atom stereocenters. The van der Waals surface area contributed by atoms with Crippen molar-refractivity contribution in [1.82, 2.24) is 10.2 Å². The molecular weight excluding hydrogens is 466 g/mol. The Morgan fingerprint density at radius 1 is 1.09 bits per heavy atom. The molecule has 178 valence electrons. The first kappa shape index (κ1) is 23.9. The molecule has 1 N–H and O–H groups in total. The molecule has 4 rings (SSSR count). The summed E-state index contributed by atoms with van der Waals surface area (Å²) >= 11 is 5.43. The summed E-state index contributed by atoms with van der Waals surface area (Å²) in [6.45, 7) is 2.15. The average Bonchev–Trinajstić information content (AvgIpc) is 3.15. The largest absolute Gasteiger partial charge is 0.493 e. The topological polar surface area (TPSA) is 93.9 Å². The maximum Gasteiger partial charge on any atom is 0.277 e. The van der Waals surface area contributed by atoms with E-state index in [4.69, 9.17) is 21.7 Å². The van der Waals surface area contributed by atoms with Gasteiger partial charge < -0.3 is 14.8 Å². The van der Waals surface area contributed by atoms with Crippen molar-refractivity contribution in [2.24, 2.45) is 0 Å². The van der Waals surface area contributed by atoms with E-state index in [1.165, 1.54) is 19.2 Å². The number of thiocarbonyl (C=S) groups is 1. The van der Waals surface area contributed by atoms with Gasteiger partial charge in [-0.3, -0.25) is 19.8 Å². The number of nitrogens with one attached hydrogen (secondary N) is 1. The highest BCUT2D eigenvalue weighted by Gasteiger charge is 2.34. The van der Waals surface area contributed by atoms with Crippen LogP contribution in [0.5, 0.6) is 11.5 Å². The van der Waals surface area contributed by atoms with Gasteiger partial charge in [0.25, 0.3) is 11.6 Å². The summed E-state index contributed by atoms with van der Waals surface area (Å²) in [5, 5.41) is 14.2. The number of carbonyl (C=O) groups excluding carboxylic acids is 1. The average molecular weight is 490 g/mol. The van der Waals surface area contributed by atoms with Gasteiger partial charge in [0.05, 0.1) is 18.1 Å². The van der Waals surface area contributed by atoms with Crippen LogP contribution >= 0.6 is 12.2 Å². The first-order chi connectivity index (χ1) is 16.9. The van der Waals surface area contributed by atoms with Crippen molar-refractivity contribution >= 4 is 35.0 Å². The van der Waals surface area contributed by atoms with E-state index < -0.39 is 4.92 Å². The van der Waals surface area contributed by atoms with Crippen molar-refractivity contribution in [2.45, 2.75) is 19.6 Å². The summed E-state index contributed by atoms with van der Waals surface area (Å²) < 4.78 is 11.3. The summed E-state index contributed by atoms with van der Waals surface area (Å²) in [5.41, 5.74) is 2.90. The molecule has 0 bridgehead atoms. The van der Waals surface area contributed by atoms with Gasteiger partial charge in [-0.1, -0.05) is 36.4 Å².